The van der Waals surface area contributed by atoms with Crippen LogP contribution in [0.1, 0.15) is 6.92 Å². The summed E-state index contributed by atoms with van der Waals surface area (Å²) in [7, 11) is -0.812. The van der Waals surface area contributed by atoms with Crippen molar-refractivity contribution in [2.24, 2.45) is 0 Å². The van der Waals surface area contributed by atoms with Crippen LogP contribution in [-0.4, -0.2) is 27.2 Å². The van der Waals surface area contributed by atoms with Gasteiger partial charge in [-0.15, -0.1) is 0 Å². The Morgan fingerprint density at radius 1 is 1.73 bits per heavy atom. The Bertz CT molecular complexity index is 375. The van der Waals surface area contributed by atoms with Crippen molar-refractivity contribution in [3.8, 4) is 0 Å². The number of pyridine rings is 1. The van der Waals surface area contributed by atoms with E-state index in [1.54, 1.807) is 18.5 Å². The first kappa shape index (κ1) is 12.9. The molecule has 0 aliphatic heterocycles. The average Bonchev–Trinajstić information content (AvgIpc) is 2.08. The summed E-state index contributed by atoms with van der Waals surface area (Å²) in [5.74, 6) is 1.31. The van der Waals surface area contributed by atoms with Gasteiger partial charge in [0.05, 0.1) is 9.50 Å². The van der Waals surface area contributed by atoms with Gasteiger partial charge in [0.15, 0.2) is 0 Å². The molecule has 84 valence electrons. The van der Waals surface area contributed by atoms with Crippen molar-refractivity contribution in [2.45, 2.75) is 13.0 Å². The highest BCUT2D eigenvalue weighted by molar-refractivity contribution is 9.10. The van der Waals surface area contributed by atoms with Crippen LogP contribution in [0, 0.1) is 0 Å². The molecule has 6 heteroatoms. The third kappa shape index (κ3) is 4.49. The zero-order valence-corrected chi connectivity index (χ0v) is 11.6. The Kier molecular flexibility index (Phi) is 5.02. The van der Waals surface area contributed by atoms with Crippen LogP contribution in [0.2, 0.25) is 5.02 Å². The lowest BCUT2D eigenvalue weighted by Gasteiger charge is -2.14. The van der Waals surface area contributed by atoms with Crippen molar-refractivity contribution in [1.82, 2.24) is 4.98 Å². The molecule has 0 fully saturated rings. The monoisotopic (exact) mass is 310 g/mol. The highest BCUT2D eigenvalue weighted by Gasteiger charge is 2.08. The smallest absolute Gasteiger partial charge is 0.140 e. The third-order valence-electron chi connectivity index (χ3n) is 1.68. The van der Waals surface area contributed by atoms with Crippen molar-refractivity contribution < 1.29 is 4.21 Å². The van der Waals surface area contributed by atoms with E-state index >= 15 is 0 Å². The van der Waals surface area contributed by atoms with Crippen LogP contribution in [0.4, 0.5) is 5.82 Å². The average molecular weight is 312 g/mol. The van der Waals surface area contributed by atoms with Crippen LogP contribution in [0.5, 0.6) is 0 Å². The van der Waals surface area contributed by atoms with Gasteiger partial charge in [0.25, 0.3) is 0 Å². The van der Waals surface area contributed by atoms with Crippen molar-refractivity contribution in [2.75, 3.05) is 17.3 Å². The fraction of sp³-hybridized carbons (Fsp3) is 0.444. The number of aromatic nitrogens is 1. The minimum atomic E-state index is -0.812. The highest BCUT2D eigenvalue weighted by Crippen LogP contribution is 2.23. The molecule has 0 bridgehead atoms. The number of anilines is 1. The van der Waals surface area contributed by atoms with Crippen molar-refractivity contribution >= 4 is 44.1 Å². The third-order valence-corrected chi connectivity index (χ3v) is 3.46. The summed E-state index contributed by atoms with van der Waals surface area (Å²) < 4.78 is 11.8. The summed E-state index contributed by atoms with van der Waals surface area (Å²) in [6.07, 6.45) is 3.26. The fourth-order valence-corrected chi connectivity index (χ4v) is 2.69. The van der Waals surface area contributed by atoms with Crippen LogP contribution in [0.15, 0.2) is 16.7 Å². The molecule has 2 unspecified atom stereocenters. The Balaban J connectivity index is 2.68. The predicted molar refractivity (Wildman–Crippen MR) is 69.0 cm³/mol. The van der Waals surface area contributed by atoms with Gasteiger partial charge in [0.2, 0.25) is 0 Å². The van der Waals surface area contributed by atoms with Gasteiger partial charge in [-0.2, -0.15) is 0 Å². The number of nitrogens with zero attached hydrogens (tertiary/aromatic N) is 1. The van der Waals surface area contributed by atoms with Gasteiger partial charge in [-0.25, -0.2) is 4.98 Å². The lowest BCUT2D eigenvalue weighted by atomic mass is 10.3. The van der Waals surface area contributed by atoms with E-state index in [2.05, 4.69) is 26.2 Å². The first-order chi connectivity index (χ1) is 6.99. The molecular weight excluding hydrogens is 300 g/mol. The van der Waals surface area contributed by atoms with Gasteiger partial charge in [-0.05, 0) is 28.9 Å². The maximum Gasteiger partial charge on any atom is 0.140 e. The van der Waals surface area contributed by atoms with E-state index in [1.165, 1.54) is 0 Å². The first-order valence-electron chi connectivity index (χ1n) is 4.36. The second-order valence-corrected chi connectivity index (χ2v) is 6.04. The summed E-state index contributed by atoms with van der Waals surface area (Å²) >= 11 is 9.13. The van der Waals surface area contributed by atoms with Gasteiger partial charge in [0, 0.05) is 35.0 Å². The van der Waals surface area contributed by atoms with Gasteiger partial charge in [0.1, 0.15) is 5.82 Å². The van der Waals surface area contributed by atoms with E-state index < -0.39 is 10.8 Å². The summed E-state index contributed by atoms with van der Waals surface area (Å²) in [4.78, 5) is 4.14. The van der Waals surface area contributed by atoms with E-state index in [0.29, 0.717) is 10.8 Å². The van der Waals surface area contributed by atoms with Crippen LogP contribution in [0.25, 0.3) is 0 Å². The molecule has 15 heavy (non-hydrogen) atoms. The quantitative estimate of drug-likeness (QED) is 0.929. The molecule has 1 rings (SSSR count). The minimum absolute atomic E-state index is 0.112. The van der Waals surface area contributed by atoms with E-state index in [-0.39, 0.29) is 6.04 Å². The molecular formula is C9H12BrClN2OS. The first-order valence-corrected chi connectivity index (χ1v) is 7.26. The lowest BCUT2D eigenvalue weighted by molar-refractivity contribution is 0.683. The predicted octanol–water partition coefficient (Wildman–Crippen LogP) is 2.68. The Hall–Kier alpha value is -0.130. The normalized spacial score (nSPS) is 14.7. The van der Waals surface area contributed by atoms with Gasteiger partial charge >= 0.3 is 0 Å². The summed E-state index contributed by atoms with van der Waals surface area (Å²) in [5, 5.41) is 3.74. The molecule has 0 aromatic carbocycles. The molecule has 0 spiro atoms. The van der Waals surface area contributed by atoms with E-state index in [1.807, 2.05) is 6.92 Å². The molecule has 0 aliphatic carbocycles. The molecule has 2 atom stereocenters. The second kappa shape index (κ2) is 5.82. The van der Waals surface area contributed by atoms with Crippen LogP contribution < -0.4 is 5.32 Å². The number of halogens is 2. The van der Waals surface area contributed by atoms with Gasteiger partial charge in [-0.1, -0.05) is 11.6 Å². The molecule has 3 nitrogen and oxygen atoms in total. The van der Waals surface area contributed by atoms with Crippen LogP contribution in [-0.2, 0) is 10.8 Å². The molecule has 1 aromatic heterocycles. The van der Waals surface area contributed by atoms with Crippen molar-refractivity contribution in [3.05, 3.63) is 21.8 Å². The zero-order valence-electron chi connectivity index (χ0n) is 8.46. The van der Waals surface area contributed by atoms with Gasteiger partial charge < -0.3 is 5.32 Å². The van der Waals surface area contributed by atoms with Crippen molar-refractivity contribution in [1.29, 1.82) is 0 Å². The molecule has 0 radical (unpaired) electrons. The Morgan fingerprint density at radius 3 is 2.93 bits per heavy atom. The van der Waals surface area contributed by atoms with Crippen LogP contribution in [0.3, 0.4) is 0 Å². The van der Waals surface area contributed by atoms with E-state index in [9.17, 15) is 4.21 Å². The molecule has 1 aromatic rings. The minimum Gasteiger partial charge on any atom is -0.366 e. The van der Waals surface area contributed by atoms with Crippen molar-refractivity contribution in [3.63, 3.8) is 0 Å². The molecule has 1 N–H and O–H groups in total. The number of rotatable bonds is 4. The maximum absolute atomic E-state index is 11.0. The highest BCUT2D eigenvalue weighted by atomic mass is 79.9. The Labute approximate surface area is 105 Å². The summed E-state index contributed by atoms with van der Waals surface area (Å²) in [6.45, 7) is 1.96. The van der Waals surface area contributed by atoms with Crippen LogP contribution >= 0.6 is 27.5 Å². The molecule has 0 aliphatic rings. The largest absolute Gasteiger partial charge is 0.366 e. The number of nitrogens with one attached hydrogen (secondary N) is 1. The molecule has 0 saturated carbocycles. The van der Waals surface area contributed by atoms with Gasteiger partial charge in [-0.3, -0.25) is 4.21 Å². The summed E-state index contributed by atoms with van der Waals surface area (Å²) in [5.41, 5.74) is 0. The number of hydrogen-bond acceptors (Lipinski definition) is 3. The number of hydrogen-bond donors (Lipinski definition) is 1. The summed E-state index contributed by atoms with van der Waals surface area (Å²) in [6, 6.07) is 1.88. The second-order valence-electron chi connectivity index (χ2n) is 3.27. The molecule has 0 amide bonds. The lowest BCUT2D eigenvalue weighted by Crippen LogP contribution is -2.23. The molecule has 0 saturated heterocycles. The molecule has 1 heterocycles. The zero-order chi connectivity index (χ0) is 11.4. The standard InChI is InChI=1S/C9H12BrClN2OS/c1-6(5-15(2)14)13-9-8(10)3-7(11)4-12-9/h3-4,6H,5H2,1-2H3,(H,12,13). The van der Waals surface area contributed by atoms with E-state index in [4.69, 9.17) is 11.6 Å². The topological polar surface area (TPSA) is 42.0 Å². The fourth-order valence-electron chi connectivity index (χ4n) is 1.15. The maximum atomic E-state index is 11.0. The van der Waals surface area contributed by atoms with E-state index in [0.717, 1.165) is 10.3 Å². The Morgan fingerprint density at radius 2 is 2.40 bits per heavy atom. The SMILES string of the molecule is CC(CS(C)=O)Nc1ncc(Cl)cc1Br.